The van der Waals surface area contributed by atoms with Crippen LogP contribution in [0.25, 0.3) is 11.4 Å². The summed E-state index contributed by atoms with van der Waals surface area (Å²) in [6.45, 7) is 0.622. The predicted molar refractivity (Wildman–Crippen MR) is 75.4 cm³/mol. The molecule has 5 heteroatoms. The van der Waals surface area contributed by atoms with E-state index >= 15 is 0 Å². The SMILES string of the molecule is CN(C)C(=O)CCn1ccnc1-c1ccc(N)cc1. The van der Waals surface area contributed by atoms with Crippen LogP contribution in [0.4, 0.5) is 5.69 Å². The van der Waals surface area contributed by atoms with E-state index in [0.29, 0.717) is 13.0 Å². The molecule has 100 valence electrons. The minimum absolute atomic E-state index is 0.108. The molecular weight excluding hydrogens is 240 g/mol. The molecule has 0 saturated carbocycles. The minimum atomic E-state index is 0.108. The number of anilines is 1. The van der Waals surface area contributed by atoms with Gasteiger partial charge in [0.25, 0.3) is 0 Å². The number of carbonyl (C=O) groups is 1. The van der Waals surface area contributed by atoms with Crippen molar-refractivity contribution in [2.24, 2.45) is 0 Å². The summed E-state index contributed by atoms with van der Waals surface area (Å²) in [5, 5.41) is 0. The van der Waals surface area contributed by atoms with E-state index < -0.39 is 0 Å². The summed E-state index contributed by atoms with van der Waals surface area (Å²) < 4.78 is 1.98. The van der Waals surface area contributed by atoms with E-state index in [1.54, 1.807) is 25.2 Å². The largest absolute Gasteiger partial charge is 0.399 e. The van der Waals surface area contributed by atoms with Gasteiger partial charge in [-0.3, -0.25) is 4.79 Å². The highest BCUT2D eigenvalue weighted by atomic mass is 16.2. The summed E-state index contributed by atoms with van der Waals surface area (Å²) in [5.74, 6) is 0.962. The Morgan fingerprint density at radius 1 is 1.32 bits per heavy atom. The highest BCUT2D eigenvalue weighted by Crippen LogP contribution is 2.19. The lowest BCUT2D eigenvalue weighted by Gasteiger charge is -2.12. The van der Waals surface area contributed by atoms with Gasteiger partial charge in [-0.25, -0.2) is 4.98 Å². The molecule has 0 bridgehead atoms. The molecule has 19 heavy (non-hydrogen) atoms. The first-order valence-corrected chi connectivity index (χ1v) is 6.15. The lowest BCUT2D eigenvalue weighted by molar-refractivity contribution is -0.128. The molecule has 0 aliphatic carbocycles. The summed E-state index contributed by atoms with van der Waals surface area (Å²) in [4.78, 5) is 17.5. The number of nitrogens with zero attached hydrogens (tertiary/aromatic N) is 3. The van der Waals surface area contributed by atoms with Crippen LogP contribution in [-0.2, 0) is 11.3 Å². The van der Waals surface area contributed by atoms with E-state index in [9.17, 15) is 4.79 Å². The highest BCUT2D eigenvalue weighted by Gasteiger charge is 2.08. The Morgan fingerprint density at radius 3 is 2.63 bits per heavy atom. The number of rotatable bonds is 4. The lowest BCUT2D eigenvalue weighted by Crippen LogP contribution is -2.22. The number of benzene rings is 1. The molecule has 1 amide bonds. The predicted octanol–water partition coefficient (Wildman–Crippen LogP) is 1.61. The number of nitrogen functional groups attached to an aromatic ring is 1. The van der Waals surface area contributed by atoms with Crippen molar-refractivity contribution in [2.45, 2.75) is 13.0 Å². The second-order valence-corrected chi connectivity index (χ2v) is 4.60. The van der Waals surface area contributed by atoms with Crippen LogP contribution >= 0.6 is 0 Å². The maximum Gasteiger partial charge on any atom is 0.223 e. The standard InChI is InChI=1S/C14H18N4O/c1-17(2)13(19)7-9-18-10-8-16-14(18)11-3-5-12(15)6-4-11/h3-6,8,10H,7,9,15H2,1-2H3. The maximum absolute atomic E-state index is 11.6. The molecule has 0 radical (unpaired) electrons. The normalized spacial score (nSPS) is 10.4. The second-order valence-electron chi connectivity index (χ2n) is 4.60. The van der Waals surface area contributed by atoms with Gasteiger partial charge < -0.3 is 15.2 Å². The zero-order chi connectivity index (χ0) is 13.8. The van der Waals surface area contributed by atoms with Crippen LogP contribution in [0.1, 0.15) is 6.42 Å². The van der Waals surface area contributed by atoms with Crippen LogP contribution < -0.4 is 5.73 Å². The average Bonchev–Trinajstić information content (AvgIpc) is 2.85. The molecule has 0 fully saturated rings. The first kappa shape index (κ1) is 13.1. The Hall–Kier alpha value is -2.30. The Balaban J connectivity index is 2.14. The van der Waals surface area contributed by atoms with Crippen molar-refractivity contribution in [3.63, 3.8) is 0 Å². The summed E-state index contributed by atoms with van der Waals surface area (Å²) in [6, 6.07) is 7.56. The fourth-order valence-corrected chi connectivity index (χ4v) is 1.82. The Morgan fingerprint density at radius 2 is 2.00 bits per heavy atom. The topological polar surface area (TPSA) is 64.2 Å². The number of hydrogen-bond acceptors (Lipinski definition) is 3. The Kier molecular flexibility index (Phi) is 3.85. The Bertz CT molecular complexity index is 557. The molecule has 0 unspecified atom stereocenters. The highest BCUT2D eigenvalue weighted by molar-refractivity contribution is 5.75. The smallest absolute Gasteiger partial charge is 0.223 e. The summed E-state index contributed by atoms with van der Waals surface area (Å²) >= 11 is 0. The number of aromatic nitrogens is 2. The van der Waals surface area contributed by atoms with Crippen LogP contribution in [0, 0.1) is 0 Å². The van der Waals surface area contributed by atoms with E-state index in [4.69, 9.17) is 5.73 Å². The molecule has 0 aliphatic rings. The van der Waals surface area contributed by atoms with E-state index in [2.05, 4.69) is 4.98 Å². The minimum Gasteiger partial charge on any atom is -0.399 e. The van der Waals surface area contributed by atoms with Gasteiger partial charge in [0.1, 0.15) is 5.82 Å². The molecule has 0 atom stereocenters. The number of amides is 1. The molecule has 1 aromatic heterocycles. The van der Waals surface area contributed by atoms with Crippen molar-refractivity contribution < 1.29 is 4.79 Å². The van der Waals surface area contributed by atoms with Gasteiger partial charge in [0.05, 0.1) is 0 Å². The van der Waals surface area contributed by atoms with Gasteiger partial charge in [-0.2, -0.15) is 0 Å². The van der Waals surface area contributed by atoms with Gasteiger partial charge in [-0.15, -0.1) is 0 Å². The molecular formula is C14H18N4O. The lowest BCUT2D eigenvalue weighted by atomic mass is 10.2. The van der Waals surface area contributed by atoms with Gasteiger partial charge in [0.15, 0.2) is 0 Å². The zero-order valence-corrected chi connectivity index (χ0v) is 11.2. The number of carbonyl (C=O) groups excluding carboxylic acids is 1. The molecule has 1 aromatic carbocycles. The molecule has 0 saturated heterocycles. The number of hydrogen-bond donors (Lipinski definition) is 1. The molecule has 2 N–H and O–H groups in total. The van der Waals surface area contributed by atoms with Crippen LogP contribution in [0.5, 0.6) is 0 Å². The first-order chi connectivity index (χ1) is 9.08. The second kappa shape index (κ2) is 5.56. The van der Waals surface area contributed by atoms with Gasteiger partial charge in [-0.05, 0) is 24.3 Å². The van der Waals surface area contributed by atoms with Crippen LogP contribution in [0.3, 0.4) is 0 Å². The van der Waals surface area contributed by atoms with Crippen molar-refractivity contribution in [3.05, 3.63) is 36.7 Å². The van der Waals surface area contributed by atoms with Crippen molar-refractivity contribution in [2.75, 3.05) is 19.8 Å². The monoisotopic (exact) mass is 258 g/mol. The first-order valence-electron chi connectivity index (χ1n) is 6.15. The summed E-state index contributed by atoms with van der Waals surface area (Å²) in [7, 11) is 3.52. The third-order valence-corrected chi connectivity index (χ3v) is 2.95. The van der Waals surface area contributed by atoms with Crippen molar-refractivity contribution in [1.82, 2.24) is 14.5 Å². The van der Waals surface area contributed by atoms with Crippen LogP contribution in [0.2, 0.25) is 0 Å². The van der Waals surface area contributed by atoms with Crippen molar-refractivity contribution in [1.29, 1.82) is 0 Å². The molecule has 1 heterocycles. The van der Waals surface area contributed by atoms with Crippen LogP contribution in [-0.4, -0.2) is 34.5 Å². The molecule has 0 aliphatic heterocycles. The quantitative estimate of drug-likeness (QED) is 0.847. The van der Waals surface area contributed by atoms with Crippen molar-refractivity contribution in [3.8, 4) is 11.4 Å². The van der Waals surface area contributed by atoms with E-state index in [-0.39, 0.29) is 5.91 Å². The Labute approximate surface area is 112 Å². The number of nitrogens with two attached hydrogens (primary N) is 1. The zero-order valence-electron chi connectivity index (χ0n) is 11.2. The van der Waals surface area contributed by atoms with Gasteiger partial charge >= 0.3 is 0 Å². The summed E-state index contributed by atoms with van der Waals surface area (Å²) in [5.41, 5.74) is 7.40. The molecule has 2 rings (SSSR count). The third kappa shape index (κ3) is 3.13. The van der Waals surface area contributed by atoms with E-state index in [0.717, 1.165) is 17.1 Å². The van der Waals surface area contributed by atoms with Crippen molar-refractivity contribution >= 4 is 11.6 Å². The fraction of sp³-hybridized carbons (Fsp3) is 0.286. The number of aryl methyl sites for hydroxylation is 1. The molecule has 0 spiro atoms. The van der Waals surface area contributed by atoms with E-state index in [1.165, 1.54) is 0 Å². The fourth-order valence-electron chi connectivity index (χ4n) is 1.82. The van der Waals surface area contributed by atoms with Gasteiger partial charge in [0.2, 0.25) is 5.91 Å². The molecule has 5 nitrogen and oxygen atoms in total. The van der Waals surface area contributed by atoms with Gasteiger partial charge in [0, 0.05) is 50.7 Å². The molecule has 2 aromatic rings. The summed E-state index contributed by atoms with van der Waals surface area (Å²) in [6.07, 6.45) is 4.09. The van der Waals surface area contributed by atoms with E-state index in [1.807, 2.05) is 35.0 Å². The van der Waals surface area contributed by atoms with Crippen LogP contribution in [0.15, 0.2) is 36.7 Å². The average molecular weight is 258 g/mol. The number of imidazole rings is 1. The van der Waals surface area contributed by atoms with Gasteiger partial charge in [-0.1, -0.05) is 0 Å². The third-order valence-electron chi connectivity index (χ3n) is 2.95. The maximum atomic E-state index is 11.6.